The molecule has 0 saturated carbocycles. The Labute approximate surface area is 149 Å². The lowest BCUT2D eigenvalue weighted by atomic mass is 10.0. The van der Waals surface area contributed by atoms with E-state index in [4.69, 9.17) is 4.74 Å². The highest BCUT2D eigenvalue weighted by Gasteiger charge is 2.31. The van der Waals surface area contributed by atoms with E-state index in [2.05, 4.69) is 11.0 Å². The van der Waals surface area contributed by atoms with Crippen molar-refractivity contribution in [2.45, 2.75) is 33.0 Å². The van der Waals surface area contributed by atoms with Crippen LogP contribution in [0.5, 0.6) is 5.75 Å². The summed E-state index contributed by atoms with van der Waals surface area (Å²) in [6.07, 6.45) is -0.978. The second-order valence-electron chi connectivity index (χ2n) is 6.87. The van der Waals surface area contributed by atoms with Crippen molar-refractivity contribution in [3.8, 4) is 11.8 Å². The number of rotatable bonds is 6. The number of ether oxygens (including phenoxy) is 1. The van der Waals surface area contributed by atoms with Crippen molar-refractivity contribution >= 4 is 5.91 Å². The van der Waals surface area contributed by atoms with E-state index in [1.54, 1.807) is 31.2 Å². The molecule has 0 spiro atoms. The lowest BCUT2D eigenvalue weighted by Gasteiger charge is -2.37. The smallest absolute Gasteiger partial charge is 0.264 e. The predicted octanol–water partition coefficient (Wildman–Crippen LogP) is 1.49. The van der Waals surface area contributed by atoms with Gasteiger partial charge in [0.2, 0.25) is 0 Å². The number of β-amino-alcohol motifs (C(OH)–C–C–N with tert-alkyl or cyclic N) is 1. The number of piperazine rings is 1. The molecular formula is C19H27N3O3. The van der Waals surface area contributed by atoms with Gasteiger partial charge in [-0.15, -0.1) is 0 Å². The third kappa shape index (κ3) is 5.18. The van der Waals surface area contributed by atoms with E-state index in [0.717, 1.165) is 13.1 Å². The van der Waals surface area contributed by atoms with Gasteiger partial charge in [0.15, 0.2) is 6.10 Å². The van der Waals surface area contributed by atoms with Crippen LogP contribution in [0.15, 0.2) is 24.3 Å². The zero-order chi connectivity index (χ0) is 18.4. The third-order valence-electron chi connectivity index (χ3n) is 4.32. The van der Waals surface area contributed by atoms with Crippen molar-refractivity contribution in [2.75, 3.05) is 32.7 Å². The molecule has 1 heterocycles. The molecular weight excluding hydrogens is 318 g/mol. The number of aliphatic hydroxyl groups excluding tert-OH is 1. The van der Waals surface area contributed by atoms with E-state index in [-0.39, 0.29) is 17.9 Å². The Bertz CT molecular complexity index is 617. The molecule has 1 N–H and O–H groups in total. The molecule has 0 unspecified atom stereocenters. The first-order valence-corrected chi connectivity index (χ1v) is 8.77. The summed E-state index contributed by atoms with van der Waals surface area (Å²) >= 11 is 0. The Morgan fingerprint density at radius 1 is 1.24 bits per heavy atom. The first-order chi connectivity index (χ1) is 11.9. The molecule has 1 fully saturated rings. The molecule has 0 radical (unpaired) electrons. The van der Waals surface area contributed by atoms with Gasteiger partial charge in [0.05, 0.1) is 11.7 Å². The second kappa shape index (κ2) is 8.84. The highest BCUT2D eigenvalue weighted by molar-refractivity contribution is 5.81. The molecule has 1 aromatic rings. The fourth-order valence-corrected chi connectivity index (χ4v) is 2.97. The summed E-state index contributed by atoms with van der Waals surface area (Å²) in [5.41, 5.74) is 0.433. The van der Waals surface area contributed by atoms with Crippen molar-refractivity contribution in [3.63, 3.8) is 0 Å². The molecule has 6 heteroatoms. The monoisotopic (exact) mass is 345 g/mol. The summed E-state index contributed by atoms with van der Waals surface area (Å²) in [4.78, 5) is 16.9. The van der Waals surface area contributed by atoms with Crippen LogP contribution in [-0.2, 0) is 4.79 Å². The Kier molecular flexibility index (Phi) is 6.80. The second-order valence-corrected chi connectivity index (χ2v) is 6.87. The van der Waals surface area contributed by atoms with Gasteiger partial charge in [-0.3, -0.25) is 9.69 Å². The highest BCUT2D eigenvalue weighted by atomic mass is 16.5. The van der Waals surface area contributed by atoms with E-state index in [1.165, 1.54) is 0 Å². The normalized spacial score (nSPS) is 17.8. The van der Waals surface area contributed by atoms with Gasteiger partial charge in [0.25, 0.3) is 5.91 Å². The van der Waals surface area contributed by atoms with Crippen LogP contribution >= 0.6 is 0 Å². The van der Waals surface area contributed by atoms with Gasteiger partial charge in [-0.05, 0) is 25.0 Å². The van der Waals surface area contributed by atoms with Gasteiger partial charge in [0.1, 0.15) is 11.8 Å². The zero-order valence-electron chi connectivity index (χ0n) is 15.2. The van der Waals surface area contributed by atoms with Crippen LogP contribution in [0, 0.1) is 17.2 Å². The molecule has 6 nitrogen and oxygen atoms in total. The summed E-state index contributed by atoms with van der Waals surface area (Å²) in [5.74, 6) is 0.402. The molecule has 2 rings (SSSR count). The molecule has 1 aliphatic rings. The molecule has 2 atom stereocenters. The van der Waals surface area contributed by atoms with Crippen molar-refractivity contribution in [1.29, 1.82) is 5.26 Å². The molecule has 0 bridgehead atoms. The van der Waals surface area contributed by atoms with Crippen LogP contribution in [-0.4, -0.2) is 65.7 Å². The summed E-state index contributed by atoms with van der Waals surface area (Å²) in [6.45, 7) is 9.03. The number of benzene rings is 1. The van der Waals surface area contributed by atoms with Crippen LogP contribution in [0.3, 0.4) is 0 Å². The maximum absolute atomic E-state index is 12.9. The number of amides is 1. The Morgan fingerprint density at radius 2 is 1.88 bits per heavy atom. The van der Waals surface area contributed by atoms with Crippen LogP contribution in [0.4, 0.5) is 0 Å². The van der Waals surface area contributed by atoms with E-state index < -0.39 is 6.10 Å². The molecule has 1 aliphatic heterocycles. The number of nitriles is 1. The summed E-state index contributed by atoms with van der Waals surface area (Å²) in [5, 5.41) is 18.7. The van der Waals surface area contributed by atoms with Crippen molar-refractivity contribution in [2.24, 2.45) is 5.92 Å². The van der Waals surface area contributed by atoms with E-state index in [1.807, 2.05) is 18.7 Å². The van der Waals surface area contributed by atoms with Crippen molar-refractivity contribution < 1.29 is 14.6 Å². The zero-order valence-corrected chi connectivity index (χ0v) is 15.2. The van der Waals surface area contributed by atoms with Gasteiger partial charge in [-0.1, -0.05) is 26.0 Å². The van der Waals surface area contributed by atoms with Gasteiger partial charge in [-0.25, -0.2) is 0 Å². The maximum Gasteiger partial charge on any atom is 0.264 e. The Morgan fingerprint density at radius 3 is 2.44 bits per heavy atom. The number of nitrogens with zero attached hydrogens (tertiary/aromatic N) is 3. The van der Waals surface area contributed by atoms with Crippen molar-refractivity contribution in [1.82, 2.24) is 9.80 Å². The average Bonchev–Trinajstić information content (AvgIpc) is 2.59. The summed E-state index contributed by atoms with van der Waals surface area (Å²) in [6, 6.07) is 9.09. The molecule has 0 aliphatic carbocycles. The number of hydrogen-bond donors (Lipinski definition) is 1. The highest BCUT2D eigenvalue weighted by Crippen LogP contribution is 2.22. The van der Waals surface area contributed by atoms with E-state index >= 15 is 0 Å². The largest absolute Gasteiger partial charge is 0.479 e. The first kappa shape index (κ1) is 19.2. The summed E-state index contributed by atoms with van der Waals surface area (Å²) in [7, 11) is 0. The fraction of sp³-hybridized carbons (Fsp3) is 0.579. The number of carbonyl (C=O) groups is 1. The van der Waals surface area contributed by atoms with Gasteiger partial charge < -0.3 is 14.7 Å². The number of carbonyl (C=O) groups excluding carboxylic acids is 1. The first-order valence-electron chi connectivity index (χ1n) is 8.77. The molecule has 1 amide bonds. The quantitative estimate of drug-likeness (QED) is 0.845. The fourth-order valence-electron chi connectivity index (χ4n) is 2.97. The minimum absolute atomic E-state index is 0.00487. The average molecular weight is 345 g/mol. The van der Waals surface area contributed by atoms with Gasteiger partial charge >= 0.3 is 0 Å². The van der Waals surface area contributed by atoms with Gasteiger partial charge in [0, 0.05) is 32.7 Å². The van der Waals surface area contributed by atoms with E-state index in [0.29, 0.717) is 30.9 Å². The summed E-state index contributed by atoms with van der Waals surface area (Å²) < 4.78 is 5.94. The minimum Gasteiger partial charge on any atom is -0.479 e. The van der Waals surface area contributed by atoms with Crippen LogP contribution < -0.4 is 4.74 Å². The standard InChI is InChI=1S/C19H27N3O3/c1-14(2)18(25-17-7-5-4-6-16(17)12-20)19(24)22-10-8-21(9-11-22)13-15(3)23/h4-7,14-15,18,23H,8-11,13H2,1-3H3/t15-,18+/m0/s1. The number of para-hydroxylation sites is 1. The molecule has 0 aromatic heterocycles. The van der Waals surface area contributed by atoms with E-state index in [9.17, 15) is 15.2 Å². The Hall–Kier alpha value is -2.10. The van der Waals surface area contributed by atoms with Crippen LogP contribution in [0.25, 0.3) is 0 Å². The lowest BCUT2D eigenvalue weighted by Crippen LogP contribution is -2.54. The lowest BCUT2D eigenvalue weighted by molar-refractivity contribution is -0.142. The molecule has 1 aromatic carbocycles. The topological polar surface area (TPSA) is 76.8 Å². The van der Waals surface area contributed by atoms with Crippen LogP contribution in [0.1, 0.15) is 26.3 Å². The maximum atomic E-state index is 12.9. The predicted molar refractivity (Wildman–Crippen MR) is 95.1 cm³/mol. The van der Waals surface area contributed by atoms with Gasteiger partial charge in [-0.2, -0.15) is 5.26 Å². The molecule has 1 saturated heterocycles. The van der Waals surface area contributed by atoms with Crippen molar-refractivity contribution in [3.05, 3.63) is 29.8 Å². The third-order valence-corrected chi connectivity index (χ3v) is 4.32. The van der Waals surface area contributed by atoms with Crippen LogP contribution in [0.2, 0.25) is 0 Å². The number of aliphatic hydroxyl groups is 1. The minimum atomic E-state index is -0.613. The Balaban J connectivity index is 2.03. The molecule has 136 valence electrons. The SMILES string of the molecule is CC(C)[C@@H](Oc1ccccc1C#N)C(=O)N1CCN(C[C@H](C)O)CC1. The molecule has 25 heavy (non-hydrogen) atoms. The number of hydrogen-bond acceptors (Lipinski definition) is 5.